The molecular formula is C29H35N3O4. The summed E-state index contributed by atoms with van der Waals surface area (Å²) < 4.78 is 11.4. The first-order valence-electron chi connectivity index (χ1n) is 12.7. The zero-order chi connectivity index (χ0) is 25.7. The average molecular weight is 490 g/mol. The summed E-state index contributed by atoms with van der Waals surface area (Å²) in [6.07, 6.45) is 3.52. The molecule has 1 aliphatic heterocycles. The first-order valence-corrected chi connectivity index (χ1v) is 12.7. The van der Waals surface area contributed by atoms with Gasteiger partial charge in [0.25, 0.3) is 5.91 Å². The van der Waals surface area contributed by atoms with Gasteiger partial charge >= 0.3 is 0 Å². The van der Waals surface area contributed by atoms with Crippen LogP contribution in [0.3, 0.4) is 0 Å². The number of hydrogen-bond donors (Lipinski definition) is 1. The van der Waals surface area contributed by atoms with Crippen LogP contribution >= 0.6 is 0 Å². The third-order valence-electron chi connectivity index (χ3n) is 6.32. The number of aromatic nitrogens is 1. The lowest BCUT2D eigenvalue weighted by Crippen LogP contribution is -2.41. The fourth-order valence-corrected chi connectivity index (χ4v) is 4.48. The van der Waals surface area contributed by atoms with Crippen molar-refractivity contribution in [2.45, 2.75) is 59.6 Å². The highest BCUT2D eigenvalue weighted by molar-refractivity contribution is 5.91. The largest absolute Gasteiger partial charge is 0.484 e. The van der Waals surface area contributed by atoms with Crippen LogP contribution in [0.15, 0.2) is 53.1 Å². The van der Waals surface area contributed by atoms with Crippen LogP contribution in [0.1, 0.15) is 78.3 Å². The molecule has 0 spiro atoms. The quantitative estimate of drug-likeness (QED) is 0.445. The van der Waals surface area contributed by atoms with Crippen LogP contribution in [0.4, 0.5) is 0 Å². The van der Waals surface area contributed by atoms with Gasteiger partial charge in [0.15, 0.2) is 12.3 Å². The fraction of sp³-hybridized carbons (Fsp3) is 0.414. The number of nitrogens with one attached hydrogen (secondary N) is 1. The van der Waals surface area contributed by atoms with Crippen LogP contribution in [0, 0.1) is 12.8 Å². The molecule has 1 aliphatic rings. The molecule has 1 N–H and O–H groups in total. The zero-order valence-corrected chi connectivity index (χ0v) is 21.5. The Labute approximate surface area is 212 Å². The monoisotopic (exact) mass is 489 g/mol. The minimum Gasteiger partial charge on any atom is -0.484 e. The molecule has 4 rings (SSSR count). The van der Waals surface area contributed by atoms with Crippen LogP contribution in [-0.2, 0) is 17.8 Å². The van der Waals surface area contributed by atoms with Gasteiger partial charge in [-0.2, -0.15) is 0 Å². The molecule has 2 amide bonds. The topological polar surface area (TPSA) is 84.7 Å². The van der Waals surface area contributed by atoms with Gasteiger partial charge in [-0.05, 0) is 54.5 Å². The van der Waals surface area contributed by atoms with Crippen molar-refractivity contribution in [2.75, 3.05) is 13.1 Å². The fourth-order valence-electron chi connectivity index (χ4n) is 4.48. The van der Waals surface area contributed by atoms with Crippen molar-refractivity contribution in [1.29, 1.82) is 0 Å². The molecule has 0 saturated carbocycles. The lowest BCUT2D eigenvalue weighted by molar-refractivity contribution is -0.134. The summed E-state index contributed by atoms with van der Waals surface area (Å²) in [5.41, 5.74) is 4.80. The van der Waals surface area contributed by atoms with Gasteiger partial charge in [-0.25, -0.2) is 4.98 Å². The van der Waals surface area contributed by atoms with Gasteiger partial charge in [-0.15, -0.1) is 0 Å². The van der Waals surface area contributed by atoms with Crippen LogP contribution in [0.5, 0.6) is 5.75 Å². The van der Waals surface area contributed by atoms with Crippen molar-refractivity contribution < 1.29 is 18.7 Å². The number of carbonyl (C=O) groups is 2. The Morgan fingerprint density at radius 2 is 1.97 bits per heavy atom. The Kier molecular flexibility index (Phi) is 8.08. The summed E-state index contributed by atoms with van der Waals surface area (Å²) in [5.74, 6) is 1.20. The maximum Gasteiger partial charge on any atom is 0.273 e. The molecule has 2 aromatic carbocycles. The predicted octanol–water partition coefficient (Wildman–Crippen LogP) is 5.22. The Bertz CT molecular complexity index is 1200. The number of fused-ring (bicyclic) bond motifs is 1. The normalized spacial score (nSPS) is 15.0. The molecule has 2 heterocycles. The van der Waals surface area contributed by atoms with Crippen molar-refractivity contribution in [3.8, 4) is 5.75 Å². The van der Waals surface area contributed by atoms with Crippen molar-refractivity contribution >= 4 is 11.8 Å². The number of oxazole rings is 1. The van der Waals surface area contributed by atoms with E-state index in [0.29, 0.717) is 37.1 Å². The molecule has 0 aliphatic carbocycles. The second-order valence-electron chi connectivity index (χ2n) is 9.78. The summed E-state index contributed by atoms with van der Waals surface area (Å²) in [7, 11) is 0. The number of aryl methyl sites for hydroxylation is 1. The van der Waals surface area contributed by atoms with E-state index >= 15 is 0 Å². The van der Waals surface area contributed by atoms with Gasteiger partial charge in [0.1, 0.15) is 12.0 Å². The standard InChI is InChI=1S/C29H35N3O4/c1-5-13-30-29(34)25-17-36-26(31-25)18-35-23-11-10-21-12-14-32(27(33)15-19(2)3)28(24(21)16-23)22-8-6-20(4)7-9-22/h6-11,16-17,19,28H,5,12-15,18H2,1-4H3,(H,30,34)/t28-/m1/s1. The number of rotatable bonds is 9. The van der Waals surface area contributed by atoms with E-state index < -0.39 is 0 Å². The number of carbonyl (C=O) groups excluding carboxylic acids is 2. The number of hydrogen-bond acceptors (Lipinski definition) is 5. The van der Waals surface area contributed by atoms with E-state index in [1.165, 1.54) is 17.4 Å². The average Bonchev–Trinajstić information content (AvgIpc) is 3.34. The molecule has 0 radical (unpaired) electrons. The molecule has 36 heavy (non-hydrogen) atoms. The molecule has 0 unspecified atom stereocenters. The molecular weight excluding hydrogens is 454 g/mol. The second-order valence-corrected chi connectivity index (χ2v) is 9.78. The lowest BCUT2D eigenvalue weighted by Gasteiger charge is -2.38. The maximum absolute atomic E-state index is 13.2. The van der Waals surface area contributed by atoms with Gasteiger partial charge in [-0.1, -0.05) is 56.7 Å². The SMILES string of the molecule is CCCNC(=O)c1coc(COc2ccc3c(c2)[C@@H](c2ccc(C)cc2)N(C(=O)CC(C)C)CC3)n1. The number of nitrogens with zero attached hydrogens (tertiary/aromatic N) is 2. The minimum absolute atomic E-state index is 0.102. The number of benzene rings is 2. The van der Waals surface area contributed by atoms with E-state index in [1.54, 1.807) is 0 Å². The summed E-state index contributed by atoms with van der Waals surface area (Å²) in [6, 6.07) is 14.3. The van der Waals surface area contributed by atoms with Crippen LogP contribution in [0.2, 0.25) is 0 Å². The van der Waals surface area contributed by atoms with Crippen LogP contribution < -0.4 is 10.1 Å². The van der Waals surface area contributed by atoms with E-state index in [2.05, 4.69) is 61.4 Å². The molecule has 0 bridgehead atoms. The van der Waals surface area contributed by atoms with Gasteiger partial charge in [0, 0.05) is 19.5 Å². The van der Waals surface area contributed by atoms with Crippen molar-refractivity contribution in [3.63, 3.8) is 0 Å². The zero-order valence-electron chi connectivity index (χ0n) is 21.5. The molecule has 3 aromatic rings. The Hall–Kier alpha value is -3.61. The van der Waals surface area contributed by atoms with E-state index in [9.17, 15) is 9.59 Å². The third kappa shape index (κ3) is 5.96. The molecule has 1 atom stereocenters. The van der Waals surface area contributed by atoms with Crippen molar-refractivity contribution in [2.24, 2.45) is 5.92 Å². The highest BCUT2D eigenvalue weighted by Gasteiger charge is 2.32. The summed E-state index contributed by atoms with van der Waals surface area (Å²) in [5, 5.41) is 2.78. The lowest BCUT2D eigenvalue weighted by atomic mass is 9.87. The van der Waals surface area contributed by atoms with E-state index in [4.69, 9.17) is 9.15 Å². The molecule has 7 nitrogen and oxygen atoms in total. The summed E-state index contributed by atoms with van der Waals surface area (Å²) in [4.78, 5) is 31.6. The Balaban J connectivity index is 1.56. The van der Waals surface area contributed by atoms with Crippen LogP contribution in [-0.4, -0.2) is 34.8 Å². The molecule has 7 heteroatoms. The summed E-state index contributed by atoms with van der Waals surface area (Å²) in [6.45, 7) is 9.58. The first-order chi connectivity index (χ1) is 17.4. The van der Waals surface area contributed by atoms with E-state index in [1.807, 2.05) is 24.0 Å². The molecule has 0 fully saturated rings. The van der Waals surface area contributed by atoms with Gasteiger partial charge < -0.3 is 19.4 Å². The third-order valence-corrected chi connectivity index (χ3v) is 6.32. The maximum atomic E-state index is 13.2. The smallest absolute Gasteiger partial charge is 0.273 e. The highest BCUT2D eigenvalue weighted by Crippen LogP contribution is 2.38. The Morgan fingerprint density at radius 3 is 2.69 bits per heavy atom. The molecule has 190 valence electrons. The van der Waals surface area contributed by atoms with E-state index in [-0.39, 0.29) is 30.2 Å². The number of ether oxygens (including phenoxy) is 1. The van der Waals surface area contributed by atoms with E-state index in [0.717, 1.165) is 24.0 Å². The second kappa shape index (κ2) is 11.4. The predicted molar refractivity (Wildman–Crippen MR) is 138 cm³/mol. The van der Waals surface area contributed by atoms with Crippen LogP contribution in [0.25, 0.3) is 0 Å². The first kappa shape index (κ1) is 25.5. The minimum atomic E-state index is -0.257. The van der Waals surface area contributed by atoms with Crippen molar-refractivity contribution in [3.05, 3.63) is 82.6 Å². The number of amides is 2. The van der Waals surface area contributed by atoms with Gasteiger partial charge in [-0.3, -0.25) is 9.59 Å². The Morgan fingerprint density at radius 1 is 1.19 bits per heavy atom. The highest BCUT2D eigenvalue weighted by atomic mass is 16.5. The van der Waals surface area contributed by atoms with Gasteiger partial charge in [0.05, 0.1) is 6.04 Å². The molecule has 1 aromatic heterocycles. The van der Waals surface area contributed by atoms with Crippen molar-refractivity contribution in [1.82, 2.24) is 15.2 Å². The summed E-state index contributed by atoms with van der Waals surface area (Å²) >= 11 is 0. The van der Waals surface area contributed by atoms with Gasteiger partial charge in [0.2, 0.25) is 11.8 Å². The molecule has 0 saturated heterocycles.